The minimum absolute atomic E-state index is 0.0204. The Hall–Kier alpha value is -1.95. The van der Waals surface area contributed by atoms with Gasteiger partial charge in [0, 0.05) is 19.6 Å². The Labute approximate surface area is 125 Å². The predicted octanol–water partition coefficient (Wildman–Crippen LogP) is 1.21. The van der Waals surface area contributed by atoms with E-state index in [0.29, 0.717) is 26.3 Å². The van der Waals surface area contributed by atoms with E-state index >= 15 is 0 Å². The minimum atomic E-state index is -0.0204. The molecule has 116 valence electrons. The number of nitrogens with one attached hydrogen (secondary N) is 2. The second-order valence-electron chi connectivity index (χ2n) is 4.81. The van der Waals surface area contributed by atoms with Crippen molar-refractivity contribution in [1.29, 1.82) is 0 Å². The third kappa shape index (κ3) is 4.26. The van der Waals surface area contributed by atoms with Gasteiger partial charge in [-0.15, -0.1) is 0 Å². The molecule has 6 heteroatoms. The Morgan fingerprint density at radius 2 is 2.19 bits per heavy atom. The van der Waals surface area contributed by atoms with E-state index in [9.17, 15) is 4.79 Å². The molecular weight excluding hydrogens is 270 g/mol. The zero-order valence-corrected chi connectivity index (χ0v) is 12.6. The highest BCUT2D eigenvalue weighted by Gasteiger charge is 2.19. The van der Waals surface area contributed by atoms with Crippen LogP contribution in [-0.2, 0) is 6.54 Å². The van der Waals surface area contributed by atoms with Crippen molar-refractivity contribution in [2.24, 2.45) is 0 Å². The highest BCUT2D eigenvalue weighted by atomic mass is 16.5. The quantitative estimate of drug-likeness (QED) is 0.756. The molecule has 21 heavy (non-hydrogen) atoms. The van der Waals surface area contributed by atoms with E-state index < -0.39 is 0 Å². The molecule has 2 rings (SSSR count). The summed E-state index contributed by atoms with van der Waals surface area (Å²) in [5.74, 6) is 1.47. The zero-order chi connectivity index (χ0) is 15.1. The van der Waals surface area contributed by atoms with Gasteiger partial charge in [0.05, 0.1) is 13.2 Å². The van der Waals surface area contributed by atoms with Crippen LogP contribution in [0, 0.1) is 0 Å². The van der Waals surface area contributed by atoms with Gasteiger partial charge in [-0.25, -0.2) is 4.79 Å². The van der Waals surface area contributed by atoms with E-state index in [1.54, 1.807) is 4.90 Å². The van der Waals surface area contributed by atoms with Crippen LogP contribution in [0.3, 0.4) is 0 Å². The third-order valence-electron chi connectivity index (χ3n) is 3.25. The summed E-state index contributed by atoms with van der Waals surface area (Å²) >= 11 is 0. The Bertz CT molecular complexity index is 479. The second-order valence-corrected chi connectivity index (χ2v) is 4.81. The van der Waals surface area contributed by atoms with Crippen LogP contribution in [0.2, 0.25) is 0 Å². The van der Waals surface area contributed by atoms with Crippen LogP contribution in [0.5, 0.6) is 11.5 Å². The lowest BCUT2D eigenvalue weighted by atomic mass is 10.2. The first-order valence-electron chi connectivity index (χ1n) is 7.30. The first kappa shape index (κ1) is 15.4. The lowest BCUT2D eigenvalue weighted by Gasteiger charge is -2.16. The fraction of sp³-hybridized carbons (Fsp3) is 0.533. The molecule has 6 nitrogen and oxygen atoms in total. The molecule has 0 saturated carbocycles. The Balaban J connectivity index is 1.93. The second kappa shape index (κ2) is 7.73. The molecule has 1 heterocycles. The highest BCUT2D eigenvalue weighted by Crippen LogP contribution is 2.28. The molecule has 1 fully saturated rings. The number of ether oxygens (including phenoxy) is 2. The van der Waals surface area contributed by atoms with Gasteiger partial charge < -0.3 is 25.0 Å². The molecule has 0 aliphatic carbocycles. The summed E-state index contributed by atoms with van der Waals surface area (Å²) in [6.07, 6.45) is 0. The minimum Gasteiger partial charge on any atom is -0.490 e. The maximum Gasteiger partial charge on any atom is 0.317 e. The predicted molar refractivity (Wildman–Crippen MR) is 80.8 cm³/mol. The van der Waals surface area contributed by atoms with Gasteiger partial charge in [-0.3, -0.25) is 0 Å². The van der Waals surface area contributed by atoms with Crippen LogP contribution >= 0.6 is 0 Å². The molecule has 1 aromatic rings. The van der Waals surface area contributed by atoms with Crippen LogP contribution in [0.4, 0.5) is 4.79 Å². The molecule has 1 aliphatic heterocycles. The summed E-state index contributed by atoms with van der Waals surface area (Å²) in [4.78, 5) is 13.2. The van der Waals surface area contributed by atoms with Crippen molar-refractivity contribution in [3.8, 4) is 11.5 Å². The fourth-order valence-electron chi connectivity index (χ4n) is 2.24. The van der Waals surface area contributed by atoms with Gasteiger partial charge >= 0.3 is 6.03 Å². The Morgan fingerprint density at radius 3 is 2.86 bits per heavy atom. The lowest BCUT2D eigenvalue weighted by Crippen LogP contribution is -2.31. The van der Waals surface area contributed by atoms with E-state index in [4.69, 9.17) is 9.47 Å². The van der Waals surface area contributed by atoms with Crippen LogP contribution < -0.4 is 20.1 Å². The number of carbonyl (C=O) groups is 1. The number of rotatable bonds is 8. The number of hydrogen-bond acceptors (Lipinski definition) is 4. The van der Waals surface area contributed by atoms with Gasteiger partial charge in [-0.1, -0.05) is 6.07 Å². The summed E-state index contributed by atoms with van der Waals surface area (Å²) in [6, 6.07) is 5.89. The number of urea groups is 1. The molecule has 1 saturated heterocycles. The number of nitrogens with zero attached hydrogens (tertiary/aromatic N) is 1. The summed E-state index contributed by atoms with van der Waals surface area (Å²) in [6.45, 7) is 5.81. The van der Waals surface area contributed by atoms with Crippen LogP contribution in [0.25, 0.3) is 0 Å². The van der Waals surface area contributed by atoms with E-state index in [2.05, 4.69) is 10.6 Å². The molecule has 0 unspecified atom stereocenters. The standard InChI is InChI=1S/C15H23N3O3/c1-3-20-14-10-12(11-16-2)4-5-13(14)21-9-8-18-7-6-17-15(18)19/h4-5,10,16H,3,6-9,11H2,1-2H3,(H,17,19). The molecule has 0 atom stereocenters. The lowest BCUT2D eigenvalue weighted by molar-refractivity contribution is 0.200. The summed E-state index contributed by atoms with van der Waals surface area (Å²) in [7, 11) is 1.91. The van der Waals surface area contributed by atoms with Crippen LogP contribution in [0.15, 0.2) is 18.2 Å². The number of amides is 2. The monoisotopic (exact) mass is 293 g/mol. The van der Waals surface area contributed by atoms with Gasteiger partial charge in [0.25, 0.3) is 0 Å². The first-order valence-corrected chi connectivity index (χ1v) is 7.30. The molecule has 2 amide bonds. The van der Waals surface area contributed by atoms with Crippen molar-refractivity contribution in [1.82, 2.24) is 15.5 Å². The van der Waals surface area contributed by atoms with Crippen LogP contribution in [-0.4, -0.2) is 50.8 Å². The molecule has 0 aromatic heterocycles. The number of benzene rings is 1. The molecule has 1 aliphatic rings. The first-order chi connectivity index (χ1) is 10.2. The van der Waals surface area contributed by atoms with Crippen molar-refractivity contribution in [2.45, 2.75) is 13.5 Å². The van der Waals surface area contributed by atoms with Crippen molar-refractivity contribution in [2.75, 3.05) is 39.9 Å². The number of hydrogen-bond donors (Lipinski definition) is 2. The van der Waals surface area contributed by atoms with Crippen molar-refractivity contribution in [3.63, 3.8) is 0 Å². The molecule has 0 radical (unpaired) electrons. The zero-order valence-electron chi connectivity index (χ0n) is 12.6. The Kier molecular flexibility index (Phi) is 5.68. The SMILES string of the molecule is CCOc1cc(CNC)ccc1OCCN1CCNC1=O. The van der Waals surface area contributed by atoms with E-state index in [1.807, 2.05) is 32.2 Å². The topological polar surface area (TPSA) is 62.8 Å². The van der Waals surface area contributed by atoms with Gasteiger partial charge in [0.1, 0.15) is 6.61 Å². The molecule has 2 N–H and O–H groups in total. The average molecular weight is 293 g/mol. The van der Waals surface area contributed by atoms with Gasteiger partial charge in [-0.2, -0.15) is 0 Å². The normalized spacial score (nSPS) is 14.2. The molecular formula is C15H23N3O3. The van der Waals surface area contributed by atoms with E-state index in [-0.39, 0.29) is 6.03 Å². The number of carbonyl (C=O) groups excluding carboxylic acids is 1. The molecule has 0 bridgehead atoms. The van der Waals surface area contributed by atoms with Crippen molar-refractivity contribution < 1.29 is 14.3 Å². The van der Waals surface area contributed by atoms with E-state index in [1.165, 1.54) is 0 Å². The highest BCUT2D eigenvalue weighted by molar-refractivity contribution is 5.76. The summed E-state index contributed by atoms with van der Waals surface area (Å²) in [5.41, 5.74) is 1.15. The largest absolute Gasteiger partial charge is 0.490 e. The van der Waals surface area contributed by atoms with Crippen LogP contribution in [0.1, 0.15) is 12.5 Å². The van der Waals surface area contributed by atoms with Crippen molar-refractivity contribution in [3.05, 3.63) is 23.8 Å². The van der Waals surface area contributed by atoms with Gasteiger partial charge in [0.15, 0.2) is 11.5 Å². The summed E-state index contributed by atoms with van der Waals surface area (Å²) in [5, 5.41) is 5.88. The fourth-order valence-corrected chi connectivity index (χ4v) is 2.24. The average Bonchev–Trinajstić information content (AvgIpc) is 2.87. The summed E-state index contributed by atoms with van der Waals surface area (Å²) < 4.78 is 11.4. The maximum atomic E-state index is 11.4. The maximum absolute atomic E-state index is 11.4. The van der Waals surface area contributed by atoms with Gasteiger partial charge in [-0.05, 0) is 31.7 Å². The van der Waals surface area contributed by atoms with E-state index in [0.717, 1.165) is 30.2 Å². The Morgan fingerprint density at radius 1 is 1.33 bits per heavy atom. The van der Waals surface area contributed by atoms with Crippen molar-refractivity contribution >= 4 is 6.03 Å². The molecule has 1 aromatic carbocycles. The third-order valence-corrected chi connectivity index (χ3v) is 3.25. The van der Waals surface area contributed by atoms with Gasteiger partial charge in [0.2, 0.25) is 0 Å². The smallest absolute Gasteiger partial charge is 0.317 e. The molecule has 0 spiro atoms.